The van der Waals surface area contributed by atoms with Crippen LogP contribution in [0.25, 0.3) is 6.08 Å². The molecule has 0 aromatic heterocycles. The molecule has 0 bridgehead atoms. The molecular weight excluding hydrogens is 455 g/mol. The van der Waals surface area contributed by atoms with Crippen LogP contribution < -0.4 is 10.0 Å². The molecule has 1 amide bonds. The van der Waals surface area contributed by atoms with E-state index in [4.69, 9.17) is 0 Å². The normalized spacial score (nSPS) is 12.7. The lowest BCUT2D eigenvalue weighted by Crippen LogP contribution is -2.46. The standard InChI is InChI=1S/C22H27FN2O3S3/c1-29-16-12-21(25-31(27,28)17-13-18-6-3-2-4-7-18)22(26)24-14-5-15-30-20-10-8-19(23)9-11-20/h2-4,6-11,13,17,21,25H,5,12,14-16H2,1H3,(H,24,26)/b17-13+. The fourth-order valence-electron chi connectivity index (χ4n) is 2.58. The first-order valence-electron chi connectivity index (χ1n) is 9.80. The molecule has 2 aromatic rings. The lowest BCUT2D eigenvalue weighted by atomic mass is 10.2. The van der Waals surface area contributed by atoms with Gasteiger partial charge in [-0.15, -0.1) is 11.8 Å². The van der Waals surface area contributed by atoms with Crippen molar-refractivity contribution < 1.29 is 17.6 Å². The fourth-order valence-corrected chi connectivity index (χ4v) is 4.94. The minimum atomic E-state index is -3.76. The highest BCUT2D eigenvalue weighted by Crippen LogP contribution is 2.18. The second kappa shape index (κ2) is 13.6. The Morgan fingerprint density at radius 1 is 1.10 bits per heavy atom. The first-order valence-corrected chi connectivity index (χ1v) is 13.7. The lowest BCUT2D eigenvalue weighted by molar-refractivity contribution is -0.122. The molecule has 0 aliphatic heterocycles. The van der Waals surface area contributed by atoms with E-state index < -0.39 is 16.1 Å². The van der Waals surface area contributed by atoms with Gasteiger partial charge in [-0.3, -0.25) is 4.79 Å². The smallest absolute Gasteiger partial charge is 0.238 e. The van der Waals surface area contributed by atoms with Crippen LogP contribution in [-0.2, 0) is 14.8 Å². The number of rotatable bonds is 13. The maximum Gasteiger partial charge on any atom is 0.238 e. The van der Waals surface area contributed by atoms with Gasteiger partial charge < -0.3 is 5.32 Å². The van der Waals surface area contributed by atoms with Crippen LogP contribution in [0.1, 0.15) is 18.4 Å². The molecule has 2 rings (SSSR count). The van der Waals surface area contributed by atoms with Gasteiger partial charge in [0.05, 0.1) is 0 Å². The minimum Gasteiger partial charge on any atom is -0.355 e. The van der Waals surface area contributed by atoms with Crippen LogP contribution in [-0.4, -0.2) is 44.7 Å². The Hall–Kier alpha value is -1.81. The summed E-state index contributed by atoms with van der Waals surface area (Å²) in [7, 11) is -3.76. The molecule has 5 nitrogen and oxygen atoms in total. The summed E-state index contributed by atoms with van der Waals surface area (Å²) in [5.74, 6) is 0.808. The second-order valence-corrected chi connectivity index (χ2v) is 10.4. The number of benzene rings is 2. The van der Waals surface area contributed by atoms with Gasteiger partial charge in [-0.05, 0) is 66.5 Å². The van der Waals surface area contributed by atoms with Crippen molar-refractivity contribution in [1.29, 1.82) is 0 Å². The first kappa shape index (κ1) is 25.5. The Kier molecular flexibility index (Phi) is 11.1. The quantitative estimate of drug-likeness (QED) is 0.332. The number of carbonyl (C=O) groups is 1. The second-order valence-electron chi connectivity index (χ2n) is 6.66. The highest BCUT2D eigenvalue weighted by atomic mass is 32.2. The molecule has 0 aliphatic rings. The van der Waals surface area contributed by atoms with Gasteiger partial charge in [0.1, 0.15) is 11.9 Å². The summed E-state index contributed by atoms with van der Waals surface area (Å²) in [6.45, 7) is 0.435. The van der Waals surface area contributed by atoms with E-state index in [1.54, 1.807) is 47.8 Å². The van der Waals surface area contributed by atoms with Gasteiger partial charge >= 0.3 is 0 Å². The van der Waals surface area contributed by atoms with E-state index in [0.29, 0.717) is 25.1 Å². The van der Waals surface area contributed by atoms with Crippen LogP contribution in [0.15, 0.2) is 64.9 Å². The Labute approximate surface area is 192 Å². The third-order valence-corrected chi connectivity index (χ3v) is 7.03. The molecule has 0 aliphatic carbocycles. The Morgan fingerprint density at radius 2 is 1.81 bits per heavy atom. The van der Waals surface area contributed by atoms with Crippen molar-refractivity contribution in [3.63, 3.8) is 0 Å². The number of sulfonamides is 1. The molecule has 0 saturated heterocycles. The van der Waals surface area contributed by atoms with Crippen LogP contribution in [0, 0.1) is 5.82 Å². The lowest BCUT2D eigenvalue weighted by Gasteiger charge is -2.17. The van der Waals surface area contributed by atoms with E-state index in [9.17, 15) is 17.6 Å². The third-order valence-electron chi connectivity index (χ3n) is 4.18. The van der Waals surface area contributed by atoms with E-state index in [0.717, 1.165) is 21.6 Å². The van der Waals surface area contributed by atoms with Crippen molar-refractivity contribution in [3.8, 4) is 0 Å². The van der Waals surface area contributed by atoms with Gasteiger partial charge in [-0.2, -0.15) is 16.5 Å². The van der Waals surface area contributed by atoms with Crippen LogP contribution in [0.2, 0.25) is 0 Å². The maximum absolute atomic E-state index is 12.9. The summed E-state index contributed by atoms with van der Waals surface area (Å²) in [5.41, 5.74) is 0.761. The molecule has 2 N–H and O–H groups in total. The fraction of sp³-hybridized carbons (Fsp3) is 0.318. The molecule has 0 spiro atoms. The Bertz CT molecular complexity index is 936. The van der Waals surface area contributed by atoms with Gasteiger partial charge in [-0.25, -0.2) is 12.8 Å². The molecule has 0 saturated carbocycles. The van der Waals surface area contributed by atoms with Crippen LogP contribution in [0.4, 0.5) is 4.39 Å². The van der Waals surface area contributed by atoms with Gasteiger partial charge in [0.25, 0.3) is 0 Å². The number of hydrogen-bond donors (Lipinski definition) is 2. The number of carbonyl (C=O) groups excluding carboxylic acids is 1. The highest BCUT2D eigenvalue weighted by Gasteiger charge is 2.22. The SMILES string of the molecule is CSCCC(NS(=O)(=O)/C=C/c1ccccc1)C(=O)NCCCSc1ccc(F)cc1. The van der Waals surface area contributed by atoms with Crippen LogP contribution in [0.3, 0.4) is 0 Å². The molecule has 1 unspecified atom stereocenters. The number of halogens is 1. The molecule has 168 valence electrons. The zero-order valence-corrected chi connectivity index (χ0v) is 19.7. The summed E-state index contributed by atoms with van der Waals surface area (Å²) in [4.78, 5) is 13.5. The predicted molar refractivity (Wildman–Crippen MR) is 129 cm³/mol. The number of hydrogen-bond acceptors (Lipinski definition) is 5. The van der Waals surface area contributed by atoms with Crippen molar-refractivity contribution in [1.82, 2.24) is 10.0 Å². The first-order chi connectivity index (χ1) is 14.9. The van der Waals surface area contributed by atoms with Gasteiger partial charge in [0.15, 0.2) is 0 Å². The summed E-state index contributed by atoms with van der Waals surface area (Å²) >= 11 is 3.13. The molecular formula is C22H27FN2O3S3. The van der Waals surface area contributed by atoms with Crippen molar-refractivity contribution in [2.45, 2.75) is 23.8 Å². The van der Waals surface area contributed by atoms with Crippen LogP contribution >= 0.6 is 23.5 Å². The number of thioether (sulfide) groups is 2. The Balaban J connectivity index is 1.83. The third kappa shape index (κ3) is 10.4. The maximum atomic E-state index is 12.9. The molecule has 1 atom stereocenters. The van der Waals surface area contributed by atoms with E-state index in [1.165, 1.54) is 18.2 Å². The minimum absolute atomic E-state index is 0.269. The number of amides is 1. The summed E-state index contributed by atoms with van der Waals surface area (Å²) in [6.07, 6.45) is 4.52. The van der Waals surface area contributed by atoms with E-state index in [-0.39, 0.29) is 11.7 Å². The van der Waals surface area contributed by atoms with E-state index >= 15 is 0 Å². The topological polar surface area (TPSA) is 75.3 Å². The summed E-state index contributed by atoms with van der Waals surface area (Å²) in [5, 5.41) is 3.90. The molecule has 31 heavy (non-hydrogen) atoms. The van der Waals surface area contributed by atoms with E-state index in [2.05, 4.69) is 10.0 Å². The monoisotopic (exact) mass is 482 g/mol. The van der Waals surface area contributed by atoms with Gasteiger partial charge in [-0.1, -0.05) is 30.3 Å². The molecule has 2 aromatic carbocycles. The number of nitrogens with one attached hydrogen (secondary N) is 2. The van der Waals surface area contributed by atoms with Crippen molar-refractivity contribution in [2.75, 3.05) is 24.3 Å². The molecule has 9 heteroatoms. The van der Waals surface area contributed by atoms with Crippen molar-refractivity contribution in [2.24, 2.45) is 0 Å². The van der Waals surface area contributed by atoms with Crippen molar-refractivity contribution >= 4 is 45.5 Å². The average Bonchev–Trinajstić information content (AvgIpc) is 2.77. The zero-order chi connectivity index (χ0) is 22.5. The Morgan fingerprint density at radius 3 is 2.48 bits per heavy atom. The van der Waals surface area contributed by atoms with Gasteiger partial charge in [0, 0.05) is 16.8 Å². The summed E-state index contributed by atoms with van der Waals surface area (Å²) < 4.78 is 40.3. The molecule has 0 fully saturated rings. The van der Waals surface area contributed by atoms with Gasteiger partial charge in [0.2, 0.25) is 15.9 Å². The molecule has 0 heterocycles. The predicted octanol–water partition coefficient (Wildman–Crippen LogP) is 4.14. The largest absolute Gasteiger partial charge is 0.355 e. The highest BCUT2D eigenvalue weighted by molar-refractivity contribution is 7.99. The van der Waals surface area contributed by atoms with Crippen molar-refractivity contribution in [3.05, 3.63) is 71.4 Å². The summed E-state index contributed by atoms with van der Waals surface area (Å²) in [6, 6.07) is 14.5. The van der Waals surface area contributed by atoms with Crippen LogP contribution in [0.5, 0.6) is 0 Å². The average molecular weight is 483 g/mol. The molecule has 0 radical (unpaired) electrons. The zero-order valence-electron chi connectivity index (χ0n) is 17.3. The van der Waals surface area contributed by atoms with E-state index in [1.807, 2.05) is 24.5 Å².